The molecule has 3 aromatic carbocycles. The summed E-state index contributed by atoms with van der Waals surface area (Å²) in [7, 11) is -3.48. The minimum Gasteiger partial charge on any atom is -0.299 e. The molecule has 0 fully saturated rings. The molecule has 0 spiro atoms. The highest BCUT2D eigenvalue weighted by molar-refractivity contribution is 7.91. The van der Waals surface area contributed by atoms with Crippen LogP contribution in [-0.2, 0) is 9.84 Å². The first kappa shape index (κ1) is 23.0. The van der Waals surface area contributed by atoms with Crippen LogP contribution in [0.2, 0.25) is 0 Å². The third-order valence-electron chi connectivity index (χ3n) is 6.64. The fourth-order valence-electron chi connectivity index (χ4n) is 4.64. The molecule has 1 aromatic heterocycles. The van der Waals surface area contributed by atoms with Crippen molar-refractivity contribution < 1.29 is 8.42 Å². The van der Waals surface area contributed by atoms with E-state index in [0.29, 0.717) is 11.3 Å². The maximum atomic E-state index is 13.6. The van der Waals surface area contributed by atoms with Crippen LogP contribution >= 0.6 is 11.3 Å². The summed E-state index contributed by atoms with van der Waals surface area (Å²) in [6.45, 7) is 4.53. The molecule has 0 N–H and O–H groups in total. The van der Waals surface area contributed by atoms with E-state index < -0.39 is 15.1 Å². The largest absolute Gasteiger partial charge is 0.299 e. The Morgan fingerprint density at radius 3 is 2.38 bits per heavy atom. The SMILES string of the molecule is Cc1ccc(S(=O)(=O)C(CCN2CC=C(c3cc4ccccc4s3)CC2)c2ccccc2)cc1. The predicted octanol–water partition coefficient (Wildman–Crippen LogP) is 6.90. The van der Waals surface area contributed by atoms with E-state index in [9.17, 15) is 8.42 Å². The van der Waals surface area contributed by atoms with E-state index in [1.807, 2.05) is 60.7 Å². The van der Waals surface area contributed by atoms with Crippen LogP contribution in [0.5, 0.6) is 0 Å². The zero-order valence-corrected chi connectivity index (χ0v) is 21.0. The van der Waals surface area contributed by atoms with Crippen molar-refractivity contribution in [3.8, 4) is 0 Å². The summed E-state index contributed by atoms with van der Waals surface area (Å²) in [6.07, 6.45) is 3.89. The zero-order valence-electron chi connectivity index (χ0n) is 19.4. The first-order valence-corrected chi connectivity index (χ1v) is 14.1. The average molecular weight is 488 g/mol. The van der Waals surface area contributed by atoms with Gasteiger partial charge in [-0.15, -0.1) is 11.3 Å². The molecule has 174 valence electrons. The van der Waals surface area contributed by atoms with Crippen LogP contribution in [0.4, 0.5) is 0 Å². The standard InChI is InChI=1S/C29H29NO2S2/c1-22-11-13-26(14-12-22)34(31,32)29(24-7-3-2-4-8-24)17-20-30-18-15-23(16-19-30)28-21-25-9-5-6-10-27(25)33-28/h2-15,21,29H,16-20H2,1H3. The monoisotopic (exact) mass is 487 g/mol. The first-order chi connectivity index (χ1) is 16.5. The number of rotatable bonds is 7. The minimum absolute atomic E-state index is 0.401. The van der Waals surface area contributed by atoms with Crippen LogP contribution in [-0.4, -0.2) is 33.0 Å². The van der Waals surface area contributed by atoms with Gasteiger partial charge in [0.15, 0.2) is 9.84 Å². The number of hydrogen-bond donors (Lipinski definition) is 0. The van der Waals surface area contributed by atoms with Gasteiger partial charge >= 0.3 is 0 Å². The summed E-state index contributed by atoms with van der Waals surface area (Å²) in [4.78, 5) is 4.12. The lowest BCUT2D eigenvalue weighted by Gasteiger charge is -2.28. The van der Waals surface area contributed by atoms with Crippen LogP contribution in [0.15, 0.2) is 95.9 Å². The second kappa shape index (κ2) is 9.87. The molecule has 0 aliphatic carbocycles. The average Bonchev–Trinajstić information content (AvgIpc) is 3.30. The van der Waals surface area contributed by atoms with Crippen molar-refractivity contribution in [3.63, 3.8) is 0 Å². The number of hydrogen-bond acceptors (Lipinski definition) is 4. The summed E-state index contributed by atoms with van der Waals surface area (Å²) in [5, 5.41) is 0.752. The van der Waals surface area contributed by atoms with Gasteiger partial charge in [0.2, 0.25) is 0 Å². The molecule has 1 atom stereocenters. The van der Waals surface area contributed by atoms with Crippen LogP contribution < -0.4 is 0 Å². The van der Waals surface area contributed by atoms with E-state index in [-0.39, 0.29) is 0 Å². The molecule has 0 saturated heterocycles. The molecular weight excluding hydrogens is 458 g/mol. The molecule has 3 nitrogen and oxygen atoms in total. The Labute approximate surface area is 206 Å². The molecular formula is C29H29NO2S2. The topological polar surface area (TPSA) is 37.4 Å². The van der Waals surface area contributed by atoms with Gasteiger partial charge in [0.1, 0.15) is 0 Å². The van der Waals surface area contributed by atoms with Gasteiger partial charge in [0.05, 0.1) is 10.1 Å². The fraction of sp³-hybridized carbons (Fsp3) is 0.241. The Balaban J connectivity index is 1.31. The lowest BCUT2D eigenvalue weighted by molar-refractivity contribution is 0.296. The molecule has 1 unspecified atom stereocenters. The molecule has 34 heavy (non-hydrogen) atoms. The van der Waals surface area contributed by atoms with E-state index in [1.54, 1.807) is 12.1 Å². The van der Waals surface area contributed by atoms with E-state index >= 15 is 0 Å². The summed E-state index contributed by atoms with van der Waals surface area (Å²) in [5.74, 6) is 0. The summed E-state index contributed by atoms with van der Waals surface area (Å²) in [6, 6.07) is 27.7. The minimum atomic E-state index is -3.48. The molecule has 0 radical (unpaired) electrons. The maximum absolute atomic E-state index is 13.6. The normalized spacial score (nSPS) is 15.9. The van der Waals surface area contributed by atoms with Crippen LogP contribution in [0.3, 0.4) is 0 Å². The molecule has 1 aliphatic rings. The Bertz CT molecular complexity index is 1370. The quantitative estimate of drug-likeness (QED) is 0.284. The summed E-state index contributed by atoms with van der Waals surface area (Å²) in [5.41, 5.74) is 3.33. The molecule has 0 bridgehead atoms. The van der Waals surface area contributed by atoms with Crippen molar-refractivity contribution in [1.82, 2.24) is 4.90 Å². The highest BCUT2D eigenvalue weighted by Gasteiger charge is 2.29. The highest BCUT2D eigenvalue weighted by Crippen LogP contribution is 2.35. The predicted molar refractivity (Wildman–Crippen MR) is 143 cm³/mol. The van der Waals surface area contributed by atoms with E-state index in [4.69, 9.17) is 0 Å². The number of benzene rings is 3. The van der Waals surface area contributed by atoms with Crippen molar-refractivity contribution in [2.24, 2.45) is 0 Å². The molecule has 0 amide bonds. The molecule has 2 heterocycles. The number of aryl methyl sites for hydroxylation is 1. The van der Waals surface area contributed by atoms with Gasteiger partial charge in [-0.2, -0.15) is 0 Å². The van der Waals surface area contributed by atoms with Crippen molar-refractivity contribution in [3.05, 3.63) is 107 Å². The van der Waals surface area contributed by atoms with Gasteiger partial charge in [-0.05, 0) is 60.6 Å². The van der Waals surface area contributed by atoms with Crippen LogP contribution in [0, 0.1) is 6.92 Å². The van der Waals surface area contributed by atoms with E-state index in [0.717, 1.165) is 37.2 Å². The number of thiophene rings is 1. The van der Waals surface area contributed by atoms with Crippen molar-refractivity contribution >= 4 is 36.8 Å². The van der Waals surface area contributed by atoms with Gasteiger partial charge in [0.25, 0.3) is 0 Å². The zero-order chi connectivity index (χ0) is 23.5. The van der Waals surface area contributed by atoms with Crippen LogP contribution in [0.1, 0.15) is 34.1 Å². The fourth-order valence-corrected chi connectivity index (χ4v) is 7.54. The lowest BCUT2D eigenvalue weighted by atomic mass is 10.0. The smallest absolute Gasteiger partial charge is 0.185 e. The van der Waals surface area contributed by atoms with Gasteiger partial charge in [-0.3, -0.25) is 4.90 Å². The third-order valence-corrected chi connectivity index (χ3v) is 10.0. The molecule has 0 saturated carbocycles. The van der Waals surface area contributed by atoms with Crippen molar-refractivity contribution in [1.29, 1.82) is 0 Å². The third kappa shape index (κ3) is 4.88. The summed E-state index contributed by atoms with van der Waals surface area (Å²) < 4.78 is 28.5. The first-order valence-electron chi connectivity index (χ1n) is 11.8. The highest BCUT2D eigenvalue weighted by atomic mass is 32.2. The maximum Gasteiger partial charge on any atom is 0.185 e. The van der Waals surface area contributed by atoms with Gasteiger partial charge < -0.3 is 0 Å². The molecule has 5 rings (SSSR count). The van der Waals surface area contributed by atoms with Gasteiger partial charge in [-0.1, -0.05) is 72.3 Å². The second-order valence-electron chi connectivity index (χ2n) is 8.97. The lowest BCUT2D eigenvalue weighted by Crippen LogP contribution is -2.31. The number of nitrogens with zero attached hydrogens (tertiary/aromatic N) is 1. The Hall–Kier alpha value is -2.73. The van der Waals surface area contributed by atoms with Crippen LogP contribution in [0.25, 0.3) is 15.7 Å². The molecule has 4 aromatic rings. The van der Waals surface area contributed by atoms with Crippen molar-refractivity contribution in [2.75, 3.05) is 19.6 Å². The number of fused-ring (bicyclic) bond motifs is 1. The van der Waals surface area contributed by atoms with Gasteiger partial charge in [-0.25, -0.2) is 8.42 Å². The van der Waals surface area contributed by atoms with Crippen molar-refractivity contribution in [2.45, 2.75) is 29.9 Å². The molecule has 1 aliphatic heterocycles. The Morgan fingerprint density at radius 2 is 1.68 bits per heavy atom. The Morgan fingerprint density at radius 1 is 0.941 bits per heavy atom. The van der Waals surface area contributed by atoms with Gasteiger partial charge in [0, 0.05) is 29.2 Å². The molecule has 5 heteroatoms. The van der Waals surface area contributed by atoms with E-state index in [1.165, 1.54) is 20.5 Å². The van der Waals surface area contributed by atoms with E-state index in [2.05, 4.69) is 41.3 Å². The second-order valence-corrected chi connectivity index (χ2v) is 12.2. The number of sulfone groups is 1. The summed E-state index contributed by atoms with van der Waals surface area (Å²) >= 11 is 1.86. The Kier molecular flexibility index (Phi) is 6.68.